The van der Waals surface area contributed by atoms with Crippen LogP contribution in [0.2, 0.25) is 0 Å². The third kappa shape index (κ3) is 4.67. The number of carbonyl (C=O) groups excluding carboxylic acids is 1. The zero-order valence-corrected chi connectivity index (χ0v) is 23.2. The van der Waals surface area contributed by atoms with E-state index >= 15 is 0 Å². The van der Waals surface area contributed by atoms with Crippen molar-refractivity contribution >= 4 is 11.6 Å². The molecule has 2 atom stereocenters. The highest BCUT2D eigenvalue weighted by Gasteiger charge is 2.51. The third-order valence-corrected chi connectivity index (χ3v) is 9.94. The Labute approximate surface area is 232 Å². The number of nitriles is 1. The summed E-state index contributed by atoms with van der Waals surface area (Å²) in [5.41, 5.74) is 4.84. The maximum Gasteiger partial charge on any atom is 0.299 e. The topological polar surface area (TPSA) is 65.4 Å². The van der Waals surface area contributed by atoms with E-state index in [0.29, 0.717) is 5.56 Å². The number of benzene rings is 2. The van der Waals surface area contributed by atoms with Gasteiger partial charge in [0.05, 0.1) is 24.4 Å². The summed E-state index contributed by atoms with van der Waals surface area (Å²) < 4.78 is 5.54. The van der Waals surface area contributed by atoms with E-state index in [4.69, 9.17) is 11.2 Å². The summed E-state index contributed by atoms with van der Waals surface area (Å²) in [5.74, 6) is 5.40. The zero-order chi connectivity index (χ0) is 27.1. The first-order chi connectivity index (χ1) is 19.0. The molecule has 0 unspecified atom stereocenters. The van der Waals surface area contributed by atoms with E-state index in [1.807, 2.05) is 17.0 Å². The molecule has 1 aliphatic heterocycles. The smallest absolute Gasteiger partial charge is 0.299 e. The van der Waals surface area contributed by atoms with Gasteiger partial charge in [0, 0.05) is 11.6 Å². The van der Waals surface area contributed by atoms with E-state index in [1.54, 1.807) is 7.11 Å². The van der Waals surface area contributed by atoms with Crippen molar-refractivity contribution in [1.29, 1.82) is 5.26 Å². The number of amides is 1. The van der Waals surface area contributed by atoms with Crippen LogP contribution in [0.15, 0.2) is 36.4 Å². The normalized spacial score (nSPS) is 30.3. The third-order valence-electron chi connectivity index (χ3n) is 9.94. The van der Waals surface area contributed by atoms with E-state index in [1.165, 1.54) is 44.1 Å². The van der Waals surface area contributed by atoms with Crippen LogP contribution in [0.4, 0.5) is 5.69 Å². The summed E-state index contributed by atoms with van der Waals surface area (Å²) in [4.78, 5) is 15.2. The second-order valence-electron chi connectivity index (χ2n) is 12.6. The second-order valence-corrected chi connectivity index (χ2v) is 12.6. The van der Waals surface area contributed by atoms with Crippen LogP contribution < -0.4 is 10.1 Å². The number of nitrogens with one attached hydrogen (secondary N) is 1. The minimum Gasteiger partial charge on any atom is -0.497 e. The first kappa shape index (κ1) is 25.8. The van der Waals surface area contributed by atoms with Gasteiger partial charge in [0.1, 0.15) is 11.8 Å². The number of terminal acetylenes is 1. The monoisotopic (exact) mass is 521 g/mol. The average Bonchev–Trinajstić information content (AvgIpc) is 2.93. The predicted octanol–water partition coefficient (Wildman–Crippen LogP) is 6.61. The van der Waals surface area contributed by atoms with E-state index in [2.05, 4.69) is 48.5 Å². The molecule has 0 radical (unpaired) electrons. The van der Waals surface area contributed by atoms with Gasteiger partial charge in [-0.1, -0.05) is 31.9 Å². The largest absolute Gasteiger partial charge is 0.497 e. The fraction of sp³-hybridized carbons (Fsp3) is 0.529. The number of fused-ring (bicyclic) bond motifs is 1. The van der Waals surface area contributed by atoms with Crippen LogP contribution in [0.25, 0.3) is 0 Å². The van der Waals surface area contributed by atoms with E-state index in [9.17, 15) is 10.1 Å². The molecular weight excluding hydrogens is 482 g/mol. The van der Waals surface area contributed by atoms with Crippen LogP contribution in [0.1, 0.15) is 93.0 Å². The van der Waals surface area contributed by atoms with Crippen molar-refractivity contribution in [3.8, 4) is 24.2 Å². The average molecular weight is 522 g/mol. The molecule has 0 spiro atoms. The Morgan fingerprint density at radius 2 is 1.85 bits per heavy atom. The Bertz CT molecular complexity index is 1310. The molecule has 202 valence electrons. The highest BCUT2D eigenvalue weighted by atomic mass is 16.5. The molecule has 1 amide bonds. The van der Waals surface area contributed by atoms with Crippen molar-refractivity contribution in [1.82, 2.24) is 4.90 Å². The van der Waals surface area contributed by atoms with Crippen molar-refractivity contribution < 1.29 is 9.53 Å². The zero-order valence-electron chi connectivity index (χ0n) is 23.2. The molecule has 4 fully saturated rings. The van der Waals surface area contributed by atoms with Gasteiger partial charge in [-0.25, -0.2) is 0 Å². The molecule has 4 saturated carbocycles. The van der Waals surface area contributed by atoms with Gasteiger partial charge in [-0.3, -0.25) is 4.79 Å². The molecule has 39 heavy (non-hydrogen) atoms. The van der Waals surface area contributed by atoms with Crippen LogP contribution in [-0.4, -0.2) is 29.5 Å². The van der Waals surface area contributed by atoms with Gasteiger partial charge in [-0.2, -0.15) is 5.26 Å². The first-order valence-corrected chi connectivity index (χ1v) is 14.7. The molecule has 5 heteroatoms. The molecular formula is C34H39N3O2. The number of unbranched alkanes of at least 4 members (excludes halogenated alkanes) is 1. The molecule has 4 aliphatic carbocycles. The van der Waals surface area contributed by atoms with Gasteiger partial charge in [0.25, 0.3) is 5.91 Å². The standard InChI is InChI=1S/C34H39N3O2/c1-4-6-7-28-16-26-17-29(39-3)9-10-30(26)33(37(28)32(38)5-2)25-8-11-31(27(15-25)21-35)36-34-18-22-12-23(19-34)14-24(13-22)20-34/h2,8-11,15,17,22-24,28,33,36H,4,6-7,12-14,16,18-20H2,1,3H3/t22?,23?,24?,28-,33+,34?/m0/s1. The van der Waals surface area contributed by atoms with Crippen LogP contribution in [0.3, 0.4) is 0 Å². The Morgan fingerprint density at radius 1 is 1.13 bits per heavy atom. The van der Waals surface area contributed by atoms with Crippen molar-refractivity contribution in [2.24, 2.45) is 17.8 Å². The molecule has 5 nitrogen and oxygen atoms in total. The van der Waals surface area contributed by atoms with Gasteiger partial charge in [0.2, 0.25) is 0 Å². The van der Waals surface area contributed by atoms with Crippen molar-refractivity contribution in [3.05, 3.63) is 58.7 Å². The van der Waals surface area contributed by atoms with Gasteiger partial charge in [-0.15, -0.1) is 6.42 Å². The number of hydrogen-bond donors (Lipinski definition) is 1. The molecule has 1 heterocycles. The minimum atomic E-state index is -0.342. The summed E-state index contributed by atoms with van der Waals surface area (Å²) in [6.45, 7) is 2.17. The number of methoxy groups -OCH3 is 1. The molecule has 2 aromatic carbocycles. The highest BCUT2D eigenvalue weighted by Crippen LogP contribution is 2.56. The quantitative estimate of drug-likeness (QED) is 0.416. The van der Waals surface area contributed by atoms with E-state index in [0.717, 1.165) is 66.0 Å². The maximum atomic E-state index is 13.3. The lowest BCUT2D eigenvalue weighted by atomic mass is 9.53. The van der Waals surface area contributed by atoms with Crippen LogP contribution >= 0.6 is 0 Å². The van der Waals surface area contributed by atoms with Crippen LogP contribution in [0, 0.1) is 41.4 Å². The van der Waals surface area contributed by atoms with Gasteiger partial charge in [0.15, 0.2) is 0 Å². The van der Waals surface area contributed by atoms with Gasteiger partial charge in [-0.05, 0) is 116 Å². The SMILES string of the molecule is C#CC(=O)N1[C@@H](CCCC)Cc2cc(OC)ccc2[C@H]1c1ccc(NC23CC4CC(CC(C4)C2)C3)c(C#N)c1. The lowest BCUT2D eigenvalue weighted by Crippen LogP contribution is -2.54. The van der Waals surface area contributed by atoms with Crippen LogP contribution in [-0.2, 0) is 11.2 Å². The Hall–Kier alpha value is -3.44. The molecule has 0 saturated heterocycles. The van der Waals surface area contributed by atoms with Gasteiger partial charge >= 0.3 is 0 Å². The first-order valence-electron chi connectivity index (χ1n) is 14.7. The Morgan fingerprint density at radius 3 is 2.46 bits per heavy atom. The summed E-state index contributed by atoms with van der Waals surface area (Å²) in [6, 6.07) is 14.4. The fourth-order valence-electron chi connectivity index (χ4n) is 8.73. The summed E-state index contributed by atoms with van der Waals surface area (Å²) in [6.07, 6.45) is 17.2. The van der Waals surface area contributed by atoms with Crippen molar-refractivity contribution in [2.45, 2.75) is 88.8 Å². The number of hydrogen-bond acceptors (Lipinski definition) is 4. The number of ether oxygens (including phenoxy) is 1. The van der Waals surface area contributed by atoms with E-state index in [-0.39, 0.29) is 23.5 Å². The highest BCUT2D eigenvalue weighted by molar-refractivity contribution is 5.94. The van der Waals surface area contributed by atoms with Crippen molar-refractivity contribution in [3.63, 3.8) is 0 Å². The number of nitrogens with zero attached hydrogens (tertiary/aromatic N) is 2. The Kier molecular flexibility index (Phi) is 6.80. The summed E-state index contributed by atoms with van der Waals surface area (Å²) in [5, 5.41) is 14.2. The molecule has 2 aromatic rings. The molecule has 4 bridgehead atoms. The molecule has 0 aromatic heterocycles. The lowest BCUT2D eigenvalue weighted by Gasteiger charge is -2.57. The van der Waals surface area contributed by atoms with Gasteiger partial charge < -0.3 is 15.0 Å². The summed E-state index contributed by atoms with van der Waals surface area (Å²) >= 11 is 0. The lowest BCUT2D eigenvalue weighted by molar-refractivity contribution is -0.130. The number of anilines is 1. The summed E-state index contributed by atoms with van der Waals surface area (Å²) in [7, 11) is 1.68. The fourth-order valence-corrected chi connectivity index (χ4v) is 8.73. The molecule has 5 aliphatic rings. The minimum absolute atomic E-state index is 0.00605. The predicted molar refractivity (Wildman–Crippen MR) is 153 cm³/mol. The number of carbonyl (C=O) groups is 1. The maximum absolute atomic E-state index is 13.3. The van der Waals surface area contributed by atoms with Crippen molar-refractivity contribution in [2.75, 3.05) is 12.4 Å². The molecule has 7 rings (SSSR count). The Balaban J connectivity index is 1.39. The van der Waals surface area contributed by atoms with Crippen LogP contribution in [0.5, 0.6) is 5.75 Å². The number of rotatable bonds is 7. The van der Waals surface area contributed by atoms with E-state index < -0.39 is 0 Å². The molecule has 1 N–H and O–H groups in total. The second kappa shape index (κ2) is 10.3.